The predicted molar refractivity (Wildman–Crippen MR) is 86.4 cm³/mol. The van der Waals surface area contributed by atoms with Crippen LogP contribution in [0.2, 0.25) is 0 Å². The molecule has 2 N–H and O–H groups in total. The van der Waals surface area contributed by atoms with Crippen molar-refractivity contribution in [3.05, 3.63) is 46.2 Å². The van der Waals surface area contributed by atoms with Gasteiger partial charge in [0.1, 0.15) is 5.75 Å². The molecule has 0 atom stereocenters. The molecular weight excluding hydrogens is 302 g/mol. The summed E-state index contributed by atoms with van der Waals surface area (Å²) in [6, 6.07) is 8.60. The zero-order valence-corrected chi connectivity index (χ0v) is 12.9. The number of nitrogens with one attached hydrogen (secondary N) is 2. The number of rotatable bonds is 4. The second kappa shape index (κ2) is 7.37. The molecule has 0 unspecified atom stereocenters. The molecule has 2 aromatic rings. The first-order valence-corrected chi connectivity index (χ1v) is 7.30. The Balaban J connectivity index is 1.87. The molecule has 7 heteroatoms. The van der Waals surface area contributed by atoms with Gasteiger partial charge in [-0.15, -0.1) is 11.3 Å². The second-order valence-electron chi connectivity index (χ2n) is 4.35. The smallest absolute Gasteiger partial charge is 0.329 e. The molecule has 0 aliphatic carbocycles. The van der Waals surface area contributed by atoms with Crippen molar-refractivity contribution in [3.8, 4) is 5.75 Å². The normalized spacial score (nSPS) is 10.5. The molecule has 2 rings (SSSR count). The van der Waals surface area contributed by atoms with Crippen LogP contribution in [-0.4, -0.2) is 25.1 Å². The van der Waals surface area contributed by atoms with Crippen molar-refractivity contribution in [2.75, 3.05) is 12.4 Å². The van der Waals surface area contributed by atoms with Crippen LogP contribution in [0.1, 0.15) is 10.4 Å². The predicted octanol–water partition coefficient (Wildman–Crippen LogP) is 2.15. The first-order valence-electron chi connectivity index (χ1n) is 6.42. The molecule has 0 aliphatic rings. The molecule has 0 spiro atoms. The summed E-state index contributed by atoms with van der Waals surface area (Å²) >= 11 is 1.50. The third kappa shape index (κ3) is 4.16. The van der Waals surface area contributed by atoms with Crippen LogP contribution in [0.15, 0.2) is 40.8 Å². The van der Waals surface area contributed by atoms with Crippen LogP contribution >= 0.6 is 11.3 Å². The number of hydrogen-bond acceptors (Lipinski definition) is 5. The lowest BCUT2D eigenvalue weighted by atomic mass is 10.3. The quantitative estimate of drug-likeness (QED) is 0.515. The van der Waals surface area contributed by atoms with Gasteiger partial charge in [-0.3, -0.25) is 9.59 Å². The van der Waals surface area contributed by atoms with E-state index < -0.39 is 11.8 Å². The van der Waals surface area contributed by atoms with Gasteiger partial charge in [0, 0.05) is 10.6 Å². The van der Waals surface area contributed by atoms with Crippen LogP contribution in [0.4, 0.5) is 5.69 Å². The molecular formula is C15H15N3O3S. The van der Waals surface area contributed by atoms with E-state index >= 15 is 0 Å². The largest absolute Gasteiger partial charge is 0.497 e. The van der Waals surface area contributed by atoms with Crippen LogP contribution < -0.4 is 15.5 Å². The summed E-state index contributed by atoms with van der Waals surface area (Å²) in [5.41, 5.74) is 3.75. The topological polar surface area (TPSA) is 79.8 Å². The van der Waals surface area contributed by atoms with Crippen molar-refractivity contribution in [2.45, 2.75) is 6.92 Å². The lowest BCUT2D eigenvalue weighted by Gasteiger charge is -2.05. The van der Waals surface area contributed by atoms with Crippen molar-refractivity contribution in [1.29, 1.82) is 0 Å². The molecule has 1 heterocycles. The summed E-state index contributed by atoms with van der Waals surface area (Å²) in [5, 5.41) is 8.17. The van der Waals surface area contributed by atoms with Crippen molar-refractivity contribution >= 4 is 35.1 Å². The number of hydrogen-bond donors (Lipinski definition) is 2. The highest BCUT2D eigenvalue weighted by atomic mass is 32.1. The molecule has 1 aromatic heterocycles. The summed E-state index contributed by atoms with van der Waals surface area (Å²) in [5.74, 6) is -0.954. The van der Waals surface area contributed by atoms with E-state index in [4.69, 9.17) is 4.74 Å². The molecule has 22 heavy (non-hydrogen) atoms. The van der Waals surface area contributed by atoms with E-state index in [1.54, 1.807) is 31.4 Å². The Labute approximate surface area is 131 Å². The van der Waals surface area contributed by atoms with Crippen LogP contribution in [0.25, 0.3) is 0 Å². The number of anilines is 1. The number of methoxy groups -OCH3 is 1. The van der Waals surface area contributed by atoms with Gasteiger partial charge in [0.2, 0.25) is 0 Å². The summed E-state index contributed by atoms with van der Waals surface area (Å²) in [7, 11) is 1.55. The molecule has 2 amide bonds. The number of carbonyl (C=O) groups excluding carboxylic acids is 2. The van der Waals surface area contributed by atoms with E-state index in [9.17, 15) is 9.59 Å². The summed E-state index contributed by atoms with van der Waals surface area (Å²) in [6.45, 7) is 1.94. The molecule has 0 fully saturated rings. The Bertz CT molecular complexity index is 692. The molecule has 6 nitrogen and oxygen atoms in total. The van der Waals surface area contributed by atoms with Gasteiger partial charge in [-0.2, -0.15) is 5.10 Å². The highest BCUT2D eigenvalue weighted by molar-refractivity contribution is 7.11. The van der Waals surface area contributed by atoms with Gasteiger partial charge < -0.3 is 10.1 Å². The van der Waals surface area contributed by atoms with E-state index in [1.165, 1.54) is 17.6 Å². The monoisotopic (exact) mass is 317 g/mol. The first kappa shape index (κ1) is 15.7. The highest BCUT2D eigenvalue weighted by Gasteiger charge is 2.12. The Hall–Kier alpha value is -2.67. The number of aryl methyl sites for hydroxylation is 1. The van der Waals surface area contributed by atoms with Crippen molar-refractivity contribution < 1.29 is 14.3 Å². The zero-order valence-electron chi connectivity index (χ0n) is 12.1. The van der Waals surface area contributed by atoms with Crippen LogP contribution in [0.3, 0.4) is 0 Å². The zero-order chi connectivity index (χ0) is 15.9. The lowest BCUT2D eigenvalue weighted by molar-refractivity contribution is -0.136. The number of carbonyl (C=O) groups is 2. The Morgan fingerprint density at radius 3 is 2.50 bits per heavy atom. The SMILES string of the molecule is COc1ccc(NC(=O)C(=O)N/N=C/c2sccc2C)cc1. The molecule has 1 aromatic carbocycles. The third-order valence-electron chi connectivity index (χ3n) is 2.80. The Kier molecular flexibility index (Phi) is 5.26. The van der Waals surface area contributed by atoms with Gasteiger partial charge in [-0.25, -0.2) is 5.43 Å². The minimum absolute atomic E-state index is 0.499. The number of thiophene rings is 1. The molecule has 0 aliphatic heterocycles. The number of ether oxygens (including phenoxy) is 1. The fourth-order valence-electron chi connectivity index (χ4n) is 1.58. The average molecular weight is 317 g/mol. The van der Waals surface area contributed by atoms with Crippen molar-refractivity contribution in [1.82, 2.24) is 5.43 Å². The molecule has 0 saturated heterocycles. The van der Waals surface area contributed by atoms with Gasteiger partial charge in [-0.05, 0) is 48.2 Å². The standard InChI is InChI=1S/C15H15N3O3S/c1-10-7-8-22-13(10)9-16-18-15(20)14(19)17-11-3-5-12(21-2)6-4-11/h3-9H,1-2H3,(H,17,19)(H,18,20)/b16-9+. The molecule has 0 radical (unpaired) electrons. The highest BCUT2D eigenvalue weighted by Crippen LogP contribution is 2.15. The number of benzene rings is 1. The summed E-state index contributed by atoms with van der Waals surface area (Å²) < 4.78 is 5.01. The molecule has 0 bridgehead atoms. The van der Waals surface area contributed by atoms with Gasteiger partial charge in [0.25, 0.3) is 0 Å². The average Bonchev–Trinajstić information content (AvgIpc) is 2.93. The van der Waals surface area contributed by atoms with Gasteiger partial charge in [0.05, 0.1) is 13.3 Å². The summed E-state index contributed by atoms with van der Waals surface area (Å²) in [4.78, 5) is 24.3. The molecule has 114 valence electrons. The van der Waals surface area contributed by atoms with E-state index in [2.05, 4.69) is 15.8 Å². The van der Waals surface area contributed by atoms with Gasteiger partial charge in [0.15, 0.2) is 0 Å². The minimum atomic E-state index is -0.832. The van der Waals surface area contributed by atoms with E-state index in [0.717, 1.165) is 10.4 Å². The molecule has 0 saturated carbocycles. The summed E-state index contributed by atoms with van der Waals surface area (Å²) in [6.07, 6.45) is 1.51. The number of nitrogens with zero attached hydrogens (tertiary/aromatic N) is 1. The first-order chi connectivity index (χ1) is 10.6. The van der Waals surface area contributed by atoms with Crippen molar-refractivity contribution in [2.24, 2.45) is 5.10 Å². The number of hydrazone groups is 1. The number of amides is 2. The van der Waals surface area contributed by atoms with Gasteiger partial charge >= 0.3 is 11.8 Å². The van der Waals surface area contributed by atoms with Crippen LogP contribution in [0, 0.1) is 6.92 Å². The Morgan fingerprint density at radius 2 is 1.91 bits per heavy atom. The van der Waals surface area contributed by atoms with E-state index in [-0.39, 0.29) is 0 Å². The maximum Gasteiger partial charge on any atom is 0.329 e. The lowest BCUT2D eigenvalue weighted by Crippen LogP contribution is -2.32. The maximum absolute atomic E-state index is 11.7. The van der Waals surface area contributed by atoms with Crippen molar-refractivity contribution in [3.63, 3.8) is 0 Å². The third-order valence-corrected chi connectivity index (χ3v) is 3.76. The fraction of sp³-hybridized carbons (Fsp3) is 0.133. The van der Waals surface area contributed by atoms with Crippen LogP contribution in [-0.2, 0) is 9.59 Å². The van der Waals surface area contributed by atoms with Gasteiger partial charge in [-0.1, -0.05) is 0 Å². The Morgan fingerprint density at radius 1 is 1.18 bits per heavy atom. The fourth-order valence-corrected chi connectivity index (χ4v) is 2.37. The van der Waals surface area contributed by atoms with E-state index in [0.29, 0.717) is 11.4 Å². The maximum atomic E-state index is 11.7. The second-order valence-corrected chi connectivity index (χ2v) is 5.30. The minimum Gasteiger partial charge on any atom is -0.497 e. The van der Waals surface area contributed by atoms with E-state index in [1.807, 2.05) is 18.4 Å². The van der Waals surface area contributed by atoms with Crippen LogP contribution in [0.5, 0.6) is 5.75 Å².